The van der Waals surface area contributed by atoms with Crippen LogP contribution in [0.4, 0.5) is 0 Å². The number of rotatable bonds is 3. The van der Waals surface area contributed by atoms with Gasteiger partial charge in [0.15, 0.2) is 0 Å². The molecule has 2 N–H and O–H groups in total. The molecule has 2 heteroatoms. The van der Waals surface area contributed by atoms with Gasteiger partial charge in [0.05, 0.1) is 0 Å². The molecule has 0 spiro atoms. The monoisotopic (exact) mass is 150 g/mol. The van der Waals surface area contributed by atoms with E-state index in [1.54, 1.807) is 0 Å². The van der Waals surface area contributed by atoms with Crippen molar-refractivity contribution in [1.29, 1.82) is 0 Å². The van der Waals surface area contributed by atoms with Gasteiger partial charge in [-0.05, 0) is 24.6 Å². The molecule has 0 atom stereocenters. The lowest BCUT2D eigenvalue weighted by molar-refractivity contribution is 0.915. The molecule has 1 heterocycles. The largest absolute Gasteiger partial charge is 0.330 e. The summed E-state index contributed by atoms with van der Waals surface area (Å²) in [6.45, 7) is 2.80. The Labute approximate surface area is 67.5 Å². The number of nitrogens with zero attached hydrogens (tertiary/aromatic N) is 1. The van der Waals surface area contributed by atoms with E-state index in [4.69, 9.17) is 5.73 Å². The minimum Gasteiger partial charge on any atom is -0.330 e. The maximum atomic E-state index is 5.39. The second kappa shape index (κ2) is 4.09. The van der Waals surface area contributed by atoms with Crippen molar-refractivity contribution in [2.45, 2.75) is 19.8 Å². The summed E-state index contributed by atoms with van der Waals surface area (Å²) in [5, 5.41) is 0. The Morgan fingerprint density at radius 2 is 2.27 bits per heavy atom. The van der Waals surface area contributed by atoms with Crippen LogP contribution in [0.15, 0.2) is 18.3 Å². The average Bonchev–Trinajstić information content (AvgIpc) is 2.07. The third-order valence-corrected chi connectivity index (χ3v) is 1.69. The van der Waals surface area contributed by atoms with Crippen LogP contribution in [0, 0.1) is 0 Å². The van der Waals surface area contributed by atoms with Crippen molar-refractivity contribution in [1.82, 2.24) is 4.98 Å². The Morgan fingerprint density at radius 3 is 2.73 bits per heavy atom. The molecular weight excluding hydrogens is 136 g/mol. The molecule has 0 bridgehead atoms. The Balaban J connectivity index is 2.66. The number of aryl methyl sites for hydroxylation is 1. The van der Waals surface area contributed by atoms with Crippen molar-refractivity contribution in [2.75, 3.05) is 6.54 Å². The van der Waals surface area contributed by atoms with Crippen LogP contribution in [0.2, 0.25) is 0 Å². The Bertz CT molecular complexity index is 203. The number of hydrogen-bond donors (Lipinski definition) is 1. The summed E-state index contributed by atoms with van der Waals surface area (Å²) in [6, 6.07) is 4.16. The fourth-order valence-electron chi connectivity index (χ4n) is 0.960. The second-order valence-electron chi connectivity index (χ2n) is 2.55. The van der Waals surface area contributed by atoms with Gasteiger partial charge in [0.25, 0.3) is 0 Å². The van der Waals surface area contributed by atoms with Crippen molar-refractivity contribution >= 4 is 0 Å². The normalized spacial score (nSPS) is 10.0. The first kappa shape index (κ1) is 8.21. The zero-order valence-corrected chi connectivity index (χ0v) is 6.88. The highest BCUT2D eigenvalue weighted by molar-refractivity contribution is 5.13. The van der Waals surface area contributed by atoms with Crippen molar-refractivity contribution in [3.05, 3.63) is 29.6 Å². The molecule has 0 aliphatic carbocycles. The minimum absolute atomic E-state index is 0.679. The number of nitrogens with two attached hydrogens (primary N) is 1. The van der Waals surface area contributed by atoms with E-state index in [0.29, 0.717) is 6.54 Å². The van der Waals surface area contributed by atoms with Crippen molar-refractivity contribution < 1.29 is 0 Å². The highest BCUT2D eigenvalue weighted by Crippen LogP contribution is 2.00. The van der Waals surface area contributed by atoms with Crippen LogP contribution >= 0.6 is 0 Å². The topological polar surface area (TPSA) is 38.9 Å². The van der Waals surface area contributed by atoms with Crippen LogP contribution < -0.4 is 5.73 Å². The third-order valence-electron chi connectivity index (χ3n) is 1.69. The van der Waals surface area contributed by atoms with Crippen LogP contribution in [-0.2, 0) is 12.8 Å². The average molecular weight is 150 g/mol. The molecule has 0 aliphatic heterocycles. The maximum Gasteiger partial charge on any atom is 0.0416 e. The van der Waals surface area contributed by atoms with Gasteiger partial charge in [-0.2, -0.15) is 0 Å². The van der Waals surface area contributed by atoms with Crippen LogP contribution in [-0.4, -0.2) is 11.5 Å². The molecule has 0 aliphatic rings. The van der Waals surface area contributed by atoms with Gasteiger partial charge in [-0.1, -0.05) is 13.0 Å². The number of hydrogen-bond acceptors (Lipinski definition) is 2. The van der Waals surface area contributed by atoms with Gasteiger partial charge in [-0.3, -0.25) is 4.98 Å². The van der Waals surface area contributed by atoms with Crippen LogP contribution in [0.1, 0.15) is 18.2 Å². The molecule has 0 fully saturated rings. The first-order chi connectivity index (χ1) is 5.36. The van der Waals surface area contributed by atoms with E-state index in [2.05, 4.69) is 18.0 Å². The lowest BCUT2D eigenvalue weighted by Gasteiger charge is -1.98. The van der Waals surface area contributed by atoms with Gasteiger partial charge in [0, 0.05) is 18.3 Å². The molecule has 2 nitrogen and oxygen atoms in total. The summed E-state index contributed by atoms with van der Waals surface area (Å²) in [7, 11) is 0. The molecule has 0 saturated heterocycles. The Morgan fingerprint density at radius 1 is 1.45 bits per heavy atom. The summed E-state index contributed by atoms with van der Waals surface area (Å²) in [5.41, 5.74) is 7.76. The van der Waals surface area contributed by atoms with Gasteiger partial charge in [-0.15, -0.1) is 0 Å². The summed E-state index contributed by atoms with van der Waals surface area (Å²) in [4.78, 5) is 4.26. The lowest BCUT2D eigenvalue weighted by atomic mass is 10.2. The van der Waals surface area contributed by atoms with E-state index in [-0.39, 0.29) is 0 Å². The number of pyridine rings is 1. The zero-order valence-electron chi connectivity index (χ0n) is 6.88. The fourth-order valence-corrected chi connectivity index (χ4v) is 0.960. The molecule has 0 saturated carbocycles. The molecule has 1 rings (SSSR count). The highest BCUT2D eigenvalue weighted by Gasteiger charge is 1.92. The smallest absolute Gasteiger partial charge is 0.0416 e. The van der Waals surface area contributed by atoms with Gasteiger partial charge < -0.3 is 5.73 Å². The van der Waals surface area contributed by atoms with Crippen molar-refractivity contribution in [2.24, 2.45) is 5.73 Å². The van der Waals surface area contributed by atoms with E-state index >= 15 is 0 Å². The summed E-state index contributed by atoms with van der Waals surface area (Å²) in [6.07, 6.45) is 3.85. The van der Waals surface area contributed by atoms with Gasteiger partial charge in [-0.25, -0.2) is 0 Å². The fraction of sp³-hybridized carbons (Fsp3) is 0.444. The molecule has 11 heavy (non-hydrogen) atoms. The molecule has 60 valence electrons. The summed E-state index contributed by atoms with van der Waals surface area (Å²) in [5.74, 6) is 0. The van der Waals surface area contributed by atoms with Gasteiger partial charge in [0.2, 0.25) is 0 Å². The minimum atomic E-state index is 0.679. The van der Waals surface area contributed by atoms with Crippen molar-refractivity contribution in [3.63, 3.8) is 0 Å². The second-order valence-corrected chi connectivity index (χ2v) is 2.55. The predicted octanol–water partition coefficient (Wildman–Crippen LogP) is 1.15. The molecular formula is C9H14N2. The van der Waals surface area contributed by atoms with Crippen LogP contribution in [0.25, 0.3) is 0 Å². The van der Waals surface area contributed by atoms with E-state index in [0.717, 1.165) is 18.5 Å². The van der Waals surface area contributed by atoms with E-state index in [1.807, 2.05) is 12.3 Å². The SMILES string of the molecule is CCc1ccc(CCN)nc1. The Kier molecular flexibility index (Phi) is 3.05. The van der Waals surface area contributed by atoms with E-state index in [9.17, 15) is 0 Å². The van der Waals surface area contributed by atoms with Crippen molar-refractivity contribution in [3.8, 4) is 0 Å². The molecule has 1 aromatic rings. The van der Waals surface area contributed by atoms with E-state index < -0.39 is 0 Å². The summed E-state index contributed by atoms with van der Waals surface area (Å²) < 4.78 is 0. The number of aromatic nitrogens is 1. The summed E-state index contributed by atoms with van der Waals surface area (Å²) >= 11 is 0. The van der Waals surface area contributed by atoms with Gasteiger partial charge in [0.1, 0.15) is 0 Å². The van der Waals surface area contributed by atoms with Gasteiger partial charge >= 0.3 is 0 Å². The quantitative estimate of drug-likeness (QED) is 0.702. The lowest BCUT2D eigenvalue weighted by Crippen LogP contribution is -2.04. The standard InChI is InChI=1S/C9H14N2/c1-2-8-3-4-9(5-6-10)11-7-8/h3-4,7H,2,5-6,10H2,1H3. The Hall–Kier alpha value is -0.890. The van der Waals surface area contributed by atoms with Crippen LogP contribution in [0.5, 0.6) is 0 Å². The zero-order chi connectivity index (χ0) is 8.10. The molecule has 0 unspecified atom stereocenters. The highest BCUT2D eigenvalue weighted by atomic mass is 14.7. The van der Waals surface area contributed by atoms with E-state index in [1.165, 1.54) is 5.56 Å². The first-order valence-electron chi connectivity index (χ1n) is 4.00. The van der Waals surface area contributed by atoms with Crippen LogP contribution in [0.3, 0.4) is 0 Å². The maximum absolute atomic E-state index is 5.39. The molecule has 0 aromatic carbocycles. The first-order valence-corrected chi connectivity index (χ1v) is 4.00. The molecule has 0 amide bonds. The molecule has 1 aromatic heterocycles. The third kappa shape index (κ3) is 2.31. The molecule has 0 radical (unpaired) electrons. The predicted molar refractivity (Wildman–Crippen MR) is 46.4 cm³/mol.